The van der Waals surface area contributed by atoms with Crippen molar-refractivity contribution in [1.82, 2.24) is 0 Å². The smallest absolute Gasteiger partial charge is 0.434 e. The fraction of sp³-hybridized carbons (Fsp3) is 0.769. The second kappa shape index (κ2) is 11.7. The number of carbonyl (C=O) groups excluding carboxylic acids is 2. The molecule has 0 radical (unpaired) electrons. The van der Waals surface area contributed by atoms with Crippen molar-refractivity contribution in [3.8, 4) is 0 Å². The van der Waals surface area contributed by atoms with Gasteiger partial charge in [0.2, 0.25) is 5.76 Å². The lowest BCUT2D eigenvalue weighted by atomic mass is 10.1. The maximum Gasteiger partial charge on any atom is 0.514 e. The molecule has 1 unspecified atom stereocenters. The summed E-state index contributed by atoms with van der Waals surface area (Å²) in [5, 5.41) is 17.7. The molecule has 0 aliphatic heterocycles. The van der Waals surface area contributed by atoms with Crippen molar-refractivity contribution in [1.29, 1.82) is 0 Å². The zero-order valence-electron chi connectivity index (χ0n) is 11.3. The number of unbranched alkanes of at least 4 members (excludes halogenated alkanes) is 5. The van der Waals surface area contributed by atoms with Crippen molar-refractivity contribution in [2.75, 3.05) is 13.2 Å². The standard InChI is InChI=1S/C13H22O6/c1-2-3-4-5-6-7-8-18-13(17)19-12(10-15)11(16)9-14/h11,14,16H,2-9H2,1H3. The van der Waals surface area contributed by atoms with Gasteiger partial charge in [0.05, 0.1) is 13.2 Å². The third-order valence-electron chi connectivity index (χ3n) is 2.49. The number of hydrogen-bond acceptors (Lipinski definition) is 6. The Balaban J connectivity index is 3.67. The number of hydrogen-bond donors (Lipinski definition) is 2. The van der Waals surface area contributed by atoms with Crippen molar-refractivity contribution in [3.05, 3.63) is 5.76 Å². The summed E-state index contributed by atoms with van der Waals surface area (Å²) >= 11 is 0. The van der Waals surface area contributed by atoms with Crippen molar-refractivity contribution in [2.24, 2.45) is 0 Å². The minimum atomic E-state index is -1.56. The topological polar surface area (TPSA) is 93.1 Å². The van der Waals surface area contributed by atoms with Crippen LogP contribution < -0.4 is 0 Å². The van der Waals surface area contributed by atoms with Crippen LogP contribution in [-0.2, 0) is 14.3 Å². The fourth-order valence-electron chi connectivity index (χ4n) is 1.40. The van der Waals surface area contributed by atoms with E-state index < -0.39 is 24.6 Å². The first-order valence-corrected chi connectivity index (χ1v) is 6.54. The number of carbonyl (C=O) groups is 1. The van der Waals surface area contributed by atoms with E-state index in [2.05, 4.69) is 11.7 Å². The zero-order chi connectivity index (χ0) is 14.5. The Morgan fingerprint density at radius 3 is 2.42 bits per heavy atom. The normalized spacial score (nSPS) is 11.5. The van der Waals surface area contributed by atoms with Crippen LogP contribution >= 0.6 is 0 Å². The molecule has 0 spiro atoms. The zero-order valence-corrected chi connectivity index (χ0v) is 11.3. The highest BCUT2D eigenvalue weighted by Gasteiger charge is 2.17. The second-order valence-electron chi connectivity index (χ2n) is 4.13. The monoisotopic (exact) mass is 274 g/mol. The summed E-state index contributed by atoms with van der Waals surface area (Å²) in [5.74, 6) is 0.571. The number of rotatable bonds is 10. The van der Waals surface area contributed by atoms with E-state index in [-0.39, 0.29) is 6.61 Å². The predicted molar refractivity (Wildman–Crippen MR) is 68.1 cm³/mol. The molecule has 19 heavy (non-hydrogen) atoms. The average molecular weight is 274 g/mol. The Kier molecular flexibility index (Phi) is 10.9. The molecule has 0 aliphatic rings. The van der Waals surface area contributed by atoms with Crippen molar-refractivity contribution in [3.63, 3.8) is 0 Å². The van der Waals surface area contributed by atoms with Crippen LogP contribution in [0.2, 0.25) is 0 Å². The molecule has 6 heteroatoms. The van der Waals surface area contributed by atoms with Crippen LogP contribution in [0.4, 0.5) is 4.79 Å². The minimum Gasteiger partial charge on any atom is -0.434 e. The highest BCUT2D eigenvalue weighted by atomic mass is 16.7. The summed E-state index contributed by atoms with van der Waals surface area (Å²) in [6.45, 7) is 1.61. The van der Waals surface area contributed by atoms with Crippen LogP contribution in [-0.4, -0.2) is 41.6 Å². The molecule has 0 heterocycles. The van der Waals surface area contributed by atoms with E-state index in [9.17, 15) is 9.59 Å². The van der Waals surface area contributed by atoms with Crippen molar-refractivity contribution < 1.29 is 29.3 Å². The van der Waals surface area contributed by atoms with Gasteiger partial charge in [-0.3, -0.25) is 0 Å². The van der Waals surface area contributed by atoms with Crippen molar-refractivity contribution in [2.45, 2.75) is 51.6 Å². The summed E-state index contributed by atoms with van der Waals surface area (Å²) in [5.41, 5.74) is 0. The number of ether oxygens (including phenoxy) is 2. The summed E-state index contributed by atoms with van der Waals surface area (Å²) in [7, 11) is 0. The fourth-order valence-corrected chi connectivity index (χ4v) is 1.40. The van der Waals surface area contributed by atoms with Crippen LogP contribution in [0.3, 0.4) is 0 Å². The molecule has 6 nitrogen and oxygen atoms in total. The molecule has 110 valence electrons. The van der Waals surface area contributed by atoms with Gasteiger partial charge in [-0.1, -0.05) is 39.0 Å². The molecular weight excluding hydrogens is 252 g/mol. The lowest BCUT2D eigenvalue weighted by Gasteiger charge is -2.09. The Bertz CT molecular complexity index is 296. The minimum absolute atomic E-state index is 0.201. The highest BCUT2D eigenvalue weighted by molar-refractivity contribution is 5.65. The molecule has 0 aromatic heterocycles. The lowest BCUT2D eigenvalue weighted by Crippen LogP contribution is -2.21. The molecule has 0 fully saturated rings. The van der Waals surface area contributed by atoms with E-state index >= 15 is 0 Å². The van der Waals surface area contributed by atoms with Gasteiger partial charge in [0.1, 0.15) is 6.10 Å². The van der Waals surface area contributed by atoms with Gasteiger partial charge >= 0.3 is 6.16 Å². The first-order valence-electron chi connectivity index (χ1n) is 6.54. The van der Waals surface area contributed by atoms with Crippen LogP contribution in [0.25, 0.3) is 0 Å². The van der Waals surface area contributed by atoms with E-state index in [0.717, 1.165) is 19.3 Å². The third kappa shape index (κ3) is 9.25. The molecule has 0 aliphatic carbocycles. The first kappa shape index (κ1) is 17.6. The third-order valence-corrected chi connectivity index (χ3v) is 2.49. The van der Waals surface area contributed by atoms with Crippen LogP contribution in [0, 0.1) is 0 Å². The van der Waals surface area contributed by atoms with Crippen molar-refractivity contribution >= 4 is 12.1 Å². The van der Waals surface area contributed by atoms with E-state index in [4.69, 9.17) is 14.9 Å². The summed E-state index contributed by atoms with van der Waals surface area (Å²) in [6, 6.07) is 0. The van der Waals surface area contributed by atoms with E-state index in [1.54, 1.807) is 0 Å². The van der Waals surface area contributed by atoms with E-state index in [0.29, 0.717) is 0 Å². The summed E-state index contributed by atoms with van der Waals surface area (Å²) in [4.78, 5) is 21.5. The molecular formula is C13H22O6. The number of aliphatic hydroxyl groups excluding tert-OH is 2. The molecule has 2 N–H and O–H groups in total. The van der Waals surface area contributed by atoms with Crippen LogP contribution in [0.15, 0.2) is 5.76 Å². The highest BCUT2D eigenvalue weighted by Crippen LogP contribution is 2.06. The first-order chi connectivity index (χ1) is 9.15. The molecule has 0 rings (SSSR count). The SMILES string of the molecule is CCCCCCCCOC(=O)OC(=C=O)C(O)CO. The van der Waals surface area contributed by atoms with Gasteiger partial charge in [0.25, 0.3) is 0 Å². The van der Waals surface area contributed by atoms with Gasteiger partial charge in [0, 0.05) is 0 Å². The van der Waals surface area contributed by atoms with Crippen LogP contribution in [0.5, 0.6) is 0 Å². The van der Waals surface area contributed by atoms with Gasteiger partial charge < -0.3 is 19.7 Å². The molecule has 0 saturated heterocycles. The average Bonchev–Trinajstić information content (AvgIpc) is 2.42. The molecule has 0 amide bonds. The molecule has 0 saturated carbocycles. The summed E-state index contributed by atoms with van der Waals surface area (Å²) in [6.07, 6.45) is 3.70. The largest absolute Gasteiger partial charge is 0.514 e. The van der Waals surface area contributed by atoms with Gasteiger partial charge in [-0.15, -0.1) is 0 Å². The van der Waals surface area contributed by atoms with Gasteiger partial charge in [0.15, 0.2) is 5.94 Å². The Morgan fingerprint density at radius 1 is 1.21 bits per heavy atom. The predicted octanol–water partition coefficient (Wildman–Crippen LogP) is 1.57. The van der Waals surface area contributed by atoms with Gasteiger partial charge in [-0.2, -0.15) is 0 Å². The molecule has 0 aromatic rings. The lowest BCUT2D eigenvalue weighted by molar-refractivity contribution is 0.0397. The molecule has 0 aromatic carbocycles. The van der Waals surface area contributed by atoms with E-state index in [1.807, 2.05) is 0 Å². The molecule has 0 bridgehead atoms. The van der Waals surface area contributed by atoms with E-state index in [1.165, 1.54) is 25.2 Å². The summed E-state index contributed by atoms with van der Waals surface area (Å²) < 4.78 is 9.14. The van der Waals surface area contributed by atoms with Gasteiger partial charge in [-0.05, 0) is 6.42 Å². The molecule has 1 atom stereocenters. The Morgan fingerprint density at radius 2 is 1.84 bits per heavy atom. The second-order valence-corrected chi connectivity index (χ2v) is 4.13. The Labute approximate surface area is 113 Å². The van der Waals surface area contributed by atoms with Gasteiger partial charge in [-0.25, -0.2) is 9.59 Å². The van der Waals surface area contributed by atoms with Crippen LogP contribution in [0.1, 0.15) is 45.4 Å². The quantitative estimate of drug-likeness (QED) is 0.272. The maximum absolute atomic E-state index is 11.1. The number of aliphatic hydroxyl groups is 2. The Hall–Kier alpha value is -1.36. The maximum atomic E-state index is 11.1.